The highest BCUT2D eigenvalue weighted by atomic mass is 19.1. The van der Waals surface area contributed by atoms with Gasteiger partial charge >= 0.3 is 0 Å². The van der Waals surface area contributed by atoms with Crippen LogP contribution in [0.25, 0.3) is 11.1 Å². The van der Waals surface area contributed by atoms with Crippen LogP contribution in [0.4, 0.5) is 15.8 Å². The summed E-state index contributed by atoms with van der Waals surface area (Å²) in [6, 6.07) is 14.8. The summed E-state index contributed by atoms with van der Waals surface area (Å²) in [7, 11) is 4.10. The van der Waals surface area contributed by atoms with Gasteiger partial charge in [0.1, 0.15) is 5.82 Å². The molecular weight excluding hydrogens is 433 g/mol. The fraction of sp³-hybridized carbons (Fsp3) is 0.320. The fourth-order valence-electron chi connectivity index (χ4n) is 5.14. The molecule has 0 radical (unpaired) electrons. The first-order chi connectivity index (χ1) is 16.4. The number of nitrogens with zero attached hydrogens (tertiary/aromatic N) is 4. The van der Waals surface area contributed by atoms with Gasteiger partial charge in [0.05, 0.1) is 11.4 Å². The quantitative estimate of drug-likeness (QED) is 0.342. The Morgan fingerprint density at radius 1 is 1.12 bits per heavy atom. The molecule has 8 nitrogen and oxygen atoms in total. The van der Waals surface area contributed by atoms with Crippen molar-refractivity contribution in [2.45, 2.75) is 12.6 Å². The van der Waals surface area contributed by atoms with Crippen molar-refractivity contribution in [2.24, 2.45) is 11.8 Å². The normalized spacial score (nSPS) is 20.0. The Morgan fingerprint density at radius 2 is 1.88 bits per heavy atom. The average molecular weight is 464 g/mol. The van der Waals surface area contributed by atoms with Gasteiger partial charge in [0.2, 0.25) is 0 Å². The number of nitrogens with one attached hydrogen (secondary N) is 2. The van der Waals surface area contributed by atoms with Crippen LogP contribution in [-0.4, -0.2) is 60.2 Å². The number of nitrogens with two attached hydrogens (primary N) is 1. The molecule has 5 rings (SSSR count). The molecule has 0 aliphatic carbocycles. The van der Waals surface area contributed by atoms with Gasteiger partial charge in [-0.1, -0.05) is 12.1 Å². The maximum absolute atomic E-state index is 13.4. The molecule has 0 amide bonds. The van der Waals surface area contributed by atoms with E-state index in [2.05, 4.69) is 35.5 Å². The van der Waals surface area contributed by atoms with Crippen LogP contribution < -0.4 is 21.3 Å². The molecule has 0 unspecified atom stereocenters. The molecule has 0 spiro atoms. The molecule has 1 saturated heterocycles. The lowest BCUT2D eigenvalue weighted by molar-refractivity contribution is 0.168. The van der Waals surface area contributed by atoms with Crippen LogP contribution in [0.2, 0.25) is 0 Å². The molecular formula is C25H30FN7O. The standard InChI is InChI=1S/C25H30FN7O/c1-30(2)24-14-31(13-19(24)15-34)21-7-8-22-18(9-21)12-32-11-17(16-3-5-20(26)6-4-16)10-23(32)25(27)33(22)29-28/h3-11,19,24,27,29,34H,12-15,28H2,1-2H3/t19-,24+/m0/s1. The second-order valence-electron chi connectivity index (χ2n) is 9.25. The minimum absolute atomic E-state index is 0.158. The van der Waals surface area contributed by atoms with Gasteiger partial charge in [0, 0.05) is 55.6 Å². The highest BCUT2D eigenvalue weighted by Crippen LogP contribution is 2.34. The molecule has 0 saturated carbocycles. The molecule has 2 aliphatic rings. The molecule has 2 aromatic carbocycles. The molecule has 2 aliphatic heterocycles. The van der Waals surface area contributed by atoms with E-state index in [0.717, 1.165) is 41.2 Å². The van der Waals surface area contributed by atoms with Gasteiger partial charge < -0.3 is 19.5 Å². The molecule has 1 fully saturated rings. The summed E-state index contributed by atoms with van der Waals surface area (Å²) in [4.78, 5) is 4.48. The molecule has 3 heterocycles. The Balaban J connectivity index is 1.51. The number of anilines is 2. The number of amidine groups is 1. The monoisotopic (exact) mass is 463 g/mol. The van der Waals surface area contributed by atoms with E-state index < -0.39 is 0 Å². The topological polar surface area (TPSA) is 96.8 Å². The van der Waals surface area contributed by atoms with Gasteiger partial charge in [-0.15, -0.1) is 0 Å². The number of aromatic nitrogens is 1. The summed E-state index contributed by atoms with van der Waals surface area (Å²) >= 11 is 0. The predicted molar refractivity (Wildman–Crippen MR) is 132 cm³/mol. The van der Waals surface area contributed by atoms with Gasteiger partial charge in [-0.3, -0.25) is 11.3 Å². The molecule has 34 heavy (non-hydrogen) atoms. The Morgan fingerprint density at radius 3 is 2.53 bits per heavy atom. The highest BCUT2D eigenvalue weighted by Gasteiger charge is 2.34. The first kappa shape index (κ1) is 22.5. The summed E-state index contributed by atoms with van der Waals surface area (Å²) in [5, 5.41) is 20.3. The molecule has 1 aromatic heterocycles. The van der Waals surface area contributed by atoms with Crippen LogP contribution in [0.1, 0.15) is 11.3 Å². The number of hydrazine groups is 2. The van der Waals surface area contributed by atoms with E-state index in [1.165, 1.54) is 12.1 Å². The molecule has 5 N–H and O–H groups in total. The third-order valence-corrected chi connectivity index (χ3v) is 6.98. The van der Waals surface area contributed by atoms with Crippen molar-refractivity contribution in [2.75, 3.05) is 43.7 Å². The number of aliphatic hydroxyl groups excluding tert-OH is 1. The number of fused-ring (bicyclic) bond motifs is 2. The van der Waals surface area contributed by atoms with E-state index in [9.17, 15) is 9.50 Å². The largest absolute Gasteiger partial charge is 0.396 e. The SMILES string of the molecule is CN(C)[C@@H]1CN(c2ccc3c(c2)Cn2cc(-c4ccc(F)cc4)cc2C(=N)N3NN)C[C@H]1CO. The van der Waals surface area contributed by atoms with Crippen molar-refractivity contribution in [3.63, 3.8) is 0 Å². The Labute approximate surface area is 198 Å². The van der Waals surface area contributed by atoms with Crippen molar-refractivity contribution in [3.05, 3.63) is 71.8 Å². The van der Waals surface area contributed by atoms with E-state index in [-0.39, 0.29) is 30.2 Å². The zero-order valence-corrected chi connectivity index (χ0v) is 19.4. The van der Waals surface area contributed by atoms with Gasteiger partial charge in [-0.2, -0.15) is 5.53 Å². The minimum atomic E-state index is -0.279. The van der Waals surface area contributed by atoms with Crippen molar-refractivity contribution in [3.8, 4) is 11.1 Å². The third kappa shape index (κ3) is 3.86. The number of halogens is 1. The first-order valence-electron chi connectivity index (χ1n) is 11.4. The molecule has 2 atom stereocenters. The number of aliphatic hydroxyl groups is 1. The minimum Gasteiger partial charge on any atom is -0.396 e. The van der Waals surface area contributed by atoms with Crippen molar-refractivity contribution in [1.82, 2.24) is 15.0 Å². The van der Waals surface area contributed by atoms with Crippen molar-refractivity contribution < 1.29 is 9.50 Å². The first-order valence-corrected chi connectivity index (χ1v) is 11.4. The van der Waals surface area contributed by atoms with Gasteiger partial charge in [0.15, 0.2) is 5.84 Å². The summed E-state index contributed by atoms with van der Waals surface area (Å²) in [5.74, 6) is 6.01. The van der Waals surface area contributed by atoms with Crippen LogP contribution in [0.3, 0.4) is 0 Å². The van der Waals surface area contributed by atoms with E-state index in [1.807, 2.05) is 29.0 Å². The smallest absolute Gasteiger partial charge is 0.165 e. The van der Waals surface area contributed by atoms with E-state index in [1.54, 1.807) is 17.1 Å². The van der Waals surface area contributed by atoms with E-state index in [4.69, 9.17) is 11.3 Å². The Hall–Kier alpha value is -3.24. The van der Waals surface area contributed by atoms with Gasteiger partial charge in [-0.05, 0) is 61.6 Å². The zero-order chi connectivity index (χ0) is 24.0. The number of likely N-dealkylation sites (N-methyl/N-ethyl adjacent to an activating group) is 1. The van der Waals surface area contributed by atoms with Crippen LogP contribution in [0.5, 0.6) is 0 Å². The van der Waals surface area contributed by atoms with Gasteiger partial charge in [-0.25, -0.2) is 9.40 Å². The van der Waals surface area contributed by atoms with E-state index in [0.29, 0.717) is 12.2 Å². The second kappa shape index (κ2) is 8.84. The molecule has 178 valence electrons. The lowest BCUT2D eigenvalue weighted by atomic mass is 10.0. The lowest BCUT2D eigenvalue weighted by Crippen LogP contribution is -2.47. The Kier molecular flexibility index (Phi) is 5.86. The maximum atomic E-state index is 13.4. The highest BCUT2D eigenvalue weighted by molar-refractivity contribution is 6.08. The van der Waals surface area contributed by atoms with Crippen LogP contribution >= 0.6 is 0 Å². The number of benzene rings is 2. The van der Waals surface area contributed by atoms with Crippen LogP contribution in [0, 0.1) is 17.1 Å². The molecule has 3 aromatic rings. The number of rotatable bonds is 5. The number of hydrogen-bond donors (Lipinski definition) is 4. The summed E-state index contributed by atoms with van der Waals surface area (Å²) < 4.78 is 15.4. The summed E-state index contributed by atoms with van der Waals surface area (Å²) in [6.45, 7) is 2.35. The second-order valence-corrected chi connectivity index (χ2v) is 9.25. The predicted octanol–water partition coefficient (Wildman–Crippen LogP) is 2.22. The maximum Gasteiger partial charge on any atom is 0.165 e. The molecule has 0 bridgehead atoms. The van der Waals surface area contributed by atoms with Crippen LogP contribution in [-0.2, 0) is 6.54 Å². The van der Waals surface area contributed by atoms with Crippen molar-refractivity contribution >= 4 is 17.2 Å². The van der Waals surface area contributed by atoms with Crippen LogP contribution in [0.15, 0.2) is 54.7 Å². The lowest BCUT2D eigenvalue weighted by Gasteiger charge is -2.26. The summed E-state index contributed by atoms with van der Waals surface area (Å²) in [5.41, 5.74) is 8.11. The summed E-state index contributed by atoms with van der Waals surface area (Å²) in [6.07, 6.45) is 1.99. The fourth-order valence-corrected chi connectivity index (χ4v) is 5.14. The van der Waals surface area contributed by atoms with Crippen molar-refractivity contribution in [1.29, 1.82) is 5.41 Å². The zero-order valence-electron chi connectivity index (χ0n) is 19.4. The average Bonchev–Trinajstić information content (AvgIpc) is 3.43. The van der Waals surface area contributed by atoms with Gasteiger partial charge in [0.25, 0.3) is 0 Å². The third-order valence-electron chi connectivity index (χ3n) is 6.98. The Bertz CT molecular complexity index is 1210. The van der Waals surface area contributed by atoms with E-state index >= 15 is 0 Å². The molecule has 9 heteroatoms. The number of hydrogen-bond acceptors (Lipinski definition) is 6.